The molecule has 0 N–H and O–H groups in total. The predicted molar refractivity (Wildman–Crippen MR) is 103 cm³/mol. The molecule has 3 aromatic rings. The lowest BCUT2D eigenvalue weighted by Gasteiger charge is -2.25. The maximum atomic E-state index is 13.3. The third kappa shape index (κ3) is 4.24. The van der Waals surface area contributed by atoms with E-state index in [9.17, 15) is 17.6 Å². The van der Waals surface area contributed by atoms with Gasteiger partial charge in [0.05, 0.1) is 31.3 Å². The van der Waals surface area contributed by atoms with Crippen molar-refractivity contribution in [2.45, 2.75) is 11.4 Å². The maximum Gasteiger partial charge on any atom is 0.373 e. The number of anilines is 1. The van der Waals surface area contributed by atoms with Crippen molar-refractivity contribution >= 4 is 21.7 Å². The number of nitrogens with zero attached hydrogens (tertiary/aromatic N) is 1. The molecule has 0 bridgehead atoms. The molecule has 2 aromatic carbocycles. The Hall–Kier alpha value is -3.33. The monoisotopic (exact) mass is 419 g/mol. The smallest absolute Gasteiger partial charge is 0.373 e. The van der Waals surface area contributed by atoms with Gasteiger partial charge in [0.1, 0.15) is 17.3 Å². The molecule has 29 heavy (non-hydrogen) atoms. The molecule has 1 aromatic heterocycles. The topological polar surface area (TPSA) is 86.0 Å². The largest absolute Gasteiger partial charge is 0.495 e. The normalized spacial score (nSPS) is 11.1. The predicted octanol–water partition coefficient (Wildman–Crippen LogP) is 3.61. The highest BCUT2D eigenvalue weighted by atomic mass is 32.2. The van der Waals surface area contributed by atoms with Crippen LogP contribution < -0.4 is 9.04 Å². The number of carbonyl (C=O) groups is 1. The first kappa shape index (κ1) is 20.4. The number of rotatable bonds is 7. The van der Waals surface area contributed by atoms with Gasteiger partial charge in [-0.05, 0) is 48.5 Å². The number of sulfonamides is 1. The molecule has 0 fully saturated rings. The number of para-hydroxylation sites is 2. The molecule has 0 saturated heterocycles. The Balaban J connectivity index is 2.08. The molecule has 0 radical (unpaired) electrons. The van der Waals surface area contributed by atoms with Crippen molar-refractivity contribution in [3.05, 3.63) is 78.0 Å². The third-order valence-corrected chi connectivity index (χ3v) is 5.88. The van der Waals surface area contributed by atoms with Gasteiger partial charge < -0.3 is 13.9 Å². The van der Waals surface area contributed by atoms with Gasteiger partial charge >= 0.3 is 5.97 Å². The lowest BCUT2D eigenvalue weighted by molar-refractivity contribution is 0.0563. The van der Waals surface area contributed by atoms with E-state index < -0.39 is 21.8 Å². The van der Waals surface area contributed by atoms with Crippen molar-refractivity contribution in [3.8, 4) is 5.75 Å². The standard InChI is InChI=1S/C20H18FNO6S/c1-26-18-6-4-3-5-17(18)22(13-15-9-12-19(28-15)20(23)27-2)29(24,25)16-10-7-14(21)8-11-16/h3-12H,13H2,1-2H3. The molecule has 0 aliphatic carbocycles. The van der Waals surface area contributed by atoms with Crippen molar-refractivity contribution in [1.82, 2.24) is 0 Å². The highest BCUT2D eigenvalue weighted by molar-refractivity contribution is 7.92. The maximum absolute atomic E-state index is 13.3. The molecule has 1 heterocycles. The Morgan fingerprint density at radius 2 is 1.72 bits per heavy atom. The minimum Gasteiger partial charge on any atom is -0.495 e. The zero-order chi connectivity index (χ0) is 21.0. The summed E-state index contributed by atoms with van der Waals surface area (Å²) in [6.07, 6.45) is 0. The molecular formula is C20H18FNO6S. The average molecular weight is 419 g/mol. The van der Waals surface area contributed by atoms with Crippen LogP contribution in [0, 0.1) is 5.82 Å². The summed E-state index contributed by atoms with van der Waals surface area (Å²) in [6, 6.07) is 13.9. The zero-order valence-electron chi connectivity index (χ0n) is 15.7. The molecule has 3 rings (SSSR count). The molecule has 152 valence electrons. The fourth-order valence-corrected chi connectivity index (χ4v) is 4.13. The summed E-state index contributed by atoms with van der Waals surface area (Å²) in [4.78, 5) is 11.5. The van der Waals surface area contributed by atoms with Crippen LogP contribution in [0.25, 0.3) is 0 Å². The molecule has 0 unspecified atom stereocenters. The number of ether oxygens (including phenoxy) is 2. The molecule has 0 saturated carbocycles. The highest BCUT2D eigenvalue weighted by Gasteiger charge is 2.29. The van der Waals surface area contributed by atoms with Gasteiger partial charge in [-0.1, -0.05) is 12.1 Å². The van der Waals surface area contributed by atoms with Gasteiger partial charge in [-0.15, -0.1) is 0 Å². The number of benzene rings is 2. The zero-order valence-corrected chi connectivity index (χ0v) is 16.5. The quantitative estimate of drug-likeness (QED) is 0.544. The first-order valence-electron chi connectivity index (χ1n) is 8.45. The van der Waals surface area contributed by atoms with Gasteiger partial charge in [-0.2, -0.15) is 0 Å². The van der Waals surface area contributed by atoms with Crippen molar-refractivity contribution in [3.63, 3.8) is 0 Å². The van der Waals surface area contributed by atoms with Gasteiger partial charge in [0.25, 0.3) is 10.0 Å². The van der Waals surface area contributed by atoms with Gasteiger partial charge in [-0.25, -0.2) is 17.6 Å². The van der Waals surface area contributed by atoms with Crippen molar-refractivity contribution in [1.29, 1.82) is 0 Å². The van der Waals surface area contributed by atoms with Gasteiger partial charge in [0.2, 0.25) is 5.76 Å². The van der Waals surface area contributed by atoms with E-state index in [1.807, 2.05) is 0 Å². The van der Waals surface area contributed by atoms with Gasteiger partial charge in [0.15, 0.2) is 0 Å². The van der Waals surface area contributed by atoms with Crippen LogP contribution in [0.15, 0.2) is 70.0 Å². The Bertz CT molecular complexity index is 1110. The molecule has 0 atom stereocenters. The first-order valence-corrected chi connectivity index (χ1v) is 9.89. The lowest BCUT2D eigenvalue weighted by Crippen LogP contribution is -2.30. The average Bonchev–Trinajstić information content (AvgIpc) is 3.20. The fourth-order valence-electron chi connectivity index (χ4n) is 2.68. The number of furan rings is 1. The molecule has 0 aliphatic rings. The van der Waals surface area contributed by atoms with Crippen LogP contribution in [0.4, 0.5) is 10.1 Å². The number of carbonyl (C=O) groups excluding carboxylic acids is 1. The first-order chi connectivity index (χ1) is 13.9. The number of halogens is 1. The van der Waals surface area contributed by atoms with Crippen LogP contribution in [-0.4, -0.2) is 28.6 Å². The van der Waals surface area contributed by atoms with Crippen LogP contribution in [0.5, 0.6) is 5.75 Å². The minimum atomic E-state index is -4.11. The summed E-state index contributed by atoms with van der Waals surface area (Å²) in [5, 5.41) is 0. The van der Waals surface area contributed by atoms with Gasteiger partial charge in [0, 0.05) is 0 Å². The van der Waals surface area contributed by atoms with Gasteiger partial charge in [-0.3, -0.25) is 4.31 Å². The Labute approximate surface area is 167 Å². The van der Waals surface area contributed by atoms with Crippen LogP contribution in [0.3, 0.4) is 0 Å². The highest BCUT2D eigenvalue weighted by Crippen LogP contribution is 2.34. The second kappa shape index (κ2) is 8.36. The van der Waals surface area contributed by atoms with Crippen LogP contribution in [-0.2, 0) is 21.3 Å². The number of esters is 1. The van der Waals surface area contributed by atoms with E-state index in [1.54, 1.807) is 24.3 Å². The molecule has 0 amide bonds. The Kier molecular flexibility index (Phi) is 5.88. The van der Waals surface area contributed by atoms with Crippen LogP contribution in [0.1, 0.15) is 16.3 Å². The Morgan fingerprint density at radius 3 is 2.38 bits per heavy atom. The second-order valence-corrected chi connectivity index (χ2v) is 7.76. The number of methoxy groups -OCH3 is 2. The van der Waals surface area contributed by atoms with E-state index in [0.717, 1.165) is 16.4 Å². The molecule has 9 heteroatoms. The van der Waals surface area contributed by atoms with Crippen LogP contribution >= 0.6 is 0 Å². The van der Waals surface area contributed by atoms with Crippen molar-refractivity contribution in [2.75, 3.05) is 18.5 Å². The van der Waals surface area contributed by atoms with Crippen LogP contribution in [0.2, 0.25) is 0 Å². The van der Waals surface area contributed by atoms with Crippen molar-refractivity contribution in [2.24, 2.45) is 0 Å². The number of hydrogen-bond donors (Lipinski definition) is 0. The summed E-state index contributed by atoms with van der Waals surface area (Å²) >= 11 is 0. The summed E-state index contributed by atoms with van der Waals surface area (Å²) in [5.74, 6) is -0.760. The summed E-state index contributed by atoms with van der Waals surface area (Å²) in [5.41, 5.74) is 0.260. The second-order valence-electron chi connectivity index (χ2n) is 5.89. The van der Waals surface area contributed by atoms with E-state index in [-0.39, 0.29) is 28.6 Å². The van der Waals surface area contributed by atoms with E-state index in [2.05, 4.69) is 4.74 Å². The summed E-state index contributed by atoms with van der Waals surface area (Å²) in [6.45, 7) is -0.225. The molecule has 0 spiro atoms. The van der Waals surface area contributed by atoms with E-state index in [1.165, 1.54) is 38.5 Å². The van der Waals surface area contributed by atoms with E-state index >= 15 is 0 Å². The van der Waals surface area contributed by atoms with Crippen molar-refractivity contribution < 1.29 is 31.5 Å². The van der Waals surface area contributed by atoms with E-state index in [0.29, 0.717) is 5.75 Å². The third-order valence-electron chi connectivity index (χ3n) is 4.10. The molecule has 0 aliphatic heterocycles. The summed E-state index contributed by atoms with van der Waals surface area (Å²) in [7, 11) is -1.47. The number of hydrogen-bond acceptors (Lipinski definition) is 6. The minimum absolute atomic E-state index is 0.0540. The summed E-state index contributed by atoms with van der Waals surface area (Å²) < 4.78 is 56.4. The van der Waals surface area contributed by atoms with E-state index in [4.69, 9.17) is 9.15 Å². The fraction of sp³-hybridized carbons (Fsp3) is 0.150. The Morgan fingerprint density at radius 1 is 1.03 bits per heavy atom. The molecular weight excluding hydrogens is 401 g/mol. The lowest BCUT2D eigenvalue weighted by atomic mass is 10.3. The SMILES string of the molecule is COC(=O)c1ccc(CN(c2ccccc2OC)S(=O)(=O)c2ccc(F)cc2)o1. The molecule has 7 nitrogen and oxygen atoms in total.